The van der Waals surface area contributed by atoms with Crippen molar-refractivity contribution in [3.63, 3.8) is 0 Å². The van der Waals surface area contributed by atoms with Crippen molar-refractivity contribution < 1.29 is 9.21 Å². The van der Waals surface area contributed by atoms with Crippen LogP contribution in [0, 0.1) is 13.8 Å². The van der Waals surface area contributed by atoms with Gasteiger partial charge >= 0.3 is 0 Å². The predicted octanol–water partition coefficient (Wildman–Crippen LogP) is 4.15. The van der Waals surface area contributed by atoms with Crippen LogP contribution in [-0.4, -0.2) is 21.9 Å². The molecule has 0 saturated heterocycles. The third kappa shape index (κ3) is 4.00. The molecular weight excluding hydrogens is 330 g/mol. The van der Waals surface area contributed by atoms with Gasteiger partial charge in [0, 0.05) is 5.69 Å². The highest BCUT2D eigenvalue weighted by Gasteiger charge is 2.12. The fourth-order valence-electron chi connectivity index (χ4n) is 2.04. The van der Waals surface area contributed by atoms with Crippen molar-refractivity contribution in [1.82, 2.24) is 10.2 Å². The van der Waals surface area contributed by atoms with E-state index < -0.39 is 0 Å². The number of thioether (sulfide) groups is 1. The Hall–Kier alpha value is -2.12. The van der Waals surface area contributed by atoms with E-state index in [2.05, 4.69) is 15.5 Å². The molecule has 3 aromatic rings. The van der Waals surface area contributed by atoms with E-state index in [-0.39, 0.29) is 11.7 Å². The van der Waals surface area contributed by atoms with Crippen LogP contribution in [0.15, 0.2) is 45.4 Å². The number of anilines is 1. The number of nitrogens with zero attached hydrogens (tertiary/aromatic N) is 2. The summed E-state index contributed by atoms with van der Waals surface area (Å²) in [5.41, 5.74) is 3.04. The van der Waals surface area contributed by atoms with Crippen LogP contribution in [0.1, 0.15) is 11.1 Å². The molecule has 0 unspecified atom stereocenters. The predicted molar refractivity (Wildman–Crippen MR) is 92.9 cm³/mol. The first-order chi connectivity index (χ1) is 11.1. The minimum absolute atomic E-state index is 0.0992. The molecule has 0 spiro atoms. The molecule has 7 heteroatoms. The van der Waals surface area contributed by atoms with Gasteiger partial charge in [-0.25, -0.2) is 0 Å². The molecule has 0 aliphatic carbocycles. The van der Waals surface area contributed by atoms with Gasteiger partial charge in [0.1, 0.15) is 0 Å². The Labute approximate surface area is 142 Å². The third-order valence-electron chi connectivity index (χ3n) is 3.12. The maximum absolute atomic E-state index is 12.0. The molecule has 3 rings (SSSR count). The quantitative estimate of drug-likeness (QED) is 0.704. The van der Waals surface area contributed by atoms with E-state index in [4.69, 9.17) is 4.42 Å². The number of carbonyl (C=O) groups is 1. The monoisotopic (exact) mass is 345 g/mol. The van der Waals surface area contributed by atoms with Gasteiger partial charge in [-0.2, -0.15) is 0 Å². The highest BCUT2D eigenvalue weighted by atomic mass is 32.2. The van der Waals surface area contributed by atoms with Crippen LogP contribution in [0.2, 0.25) is 0 Å². The summed E-state index contributed by atoms with van der Waals surface area (Å²) in [6.07, 6.45) is 0. The van der Waals surface area contributed by atoms with E-state index in [0.717, 1.165) is 16.1 Å². The van der Waals surface area contributed by atoms with Crippen LogP contribution < -0.4 is 5.32 Å². The van der Waals surface area contributed by atoms with Gasteiger partial charge in [0.2, 0.25) is 5.91 Å². The number of rotatable bonds is 5. The Morgan fingerprint density at radius 2 is 2.17 bits per heavy atom. The number of aryl methyl sites for hydroxylation is 2. The molecule has 0 bridgehead atoms. The molecule has 23 heavy (non-hydrogen) atoms. The maximum atomic E-state index is 12.0. The van der Waals surface area contributed by atoms with Gasteiger partial charge in [-0.15, -0.1) is 21.5 Å². The highest BCUT2D eigenvalue weighted by Crippen LogP contribution is 2.26. The van der Waals surface area contributed by atoms with E-state index in [1.54, 1.807) is 0 Å². The lowest BCUT2D eigenvalue weighted by molar-refractivity contribution is -0.113. The average molecular weight is 345 g/mol. The number of hydrogen-bond acceptors (Lipinski definition) is 6. The first-order valence-corrected chi connectivity index (χ1v) is 8.85. The largest absolute Gasteiger partial charge is 0.410 e. The Kier molecular flexibility index (Phi) is 4.78. The summed E-state index contributed by atoms with van der Waals surface area (Å²) >= 11 is 2.76. The van der Waals surface area contributed by atoms with Gasteiger partial charge in [0.15, 0.2) is 0 Å². The average Bonchev–Trinajstić information content (AvgIpc) is 3.18. The molecular formula is C16H15N3O2S2. The minimum Gasteiger partial charge on any atom is -0.410 e. The van der Waals surface area contributed by atoms with Gasteiger partial charge in [-0.1, -0.05) is 35.5 Å². The van der Waals surface area contributed by atoms with E-state index >= 15 is 0 Å². The molecule has 5 nitrogen and oxygen atoms in total. The zero-order valence-electron chi connectivity index (χ0n) is 12.7. The lowest BCUT2D eigenvalue weighted by Crippen LogP contribution is -2.14. The van der Waals surface area contributed by atoms with Crippen molar-refractivity contribution in [3.05, 3.63) is 46.8 Å². The number of aromatic nitrogens is 2. The molecule has 1 amide bonds. The Morgan fingerprint density at radius 3 is 2.91 bits per heavy atom. The molecule has 0 radical (unpaired) electrons. The normalized spacial score (nSPS) is 10.7. The maximum Gasteiger partial charge on any atom is 0.277 e. The van der Waals surface area contributed by atoms with Crippen LogP contribution in [0.5, 0.6) is 0 Å². The number of thiophene rings is 1. The number of benzene rings is 1. The summed E-state index contributed by atoms with van der Waals surface area (Å²) in [4.78, 5) is 13.0. The summed E-state index contributed by atoms with van der Waals surface area (Å²) in [6.45, 7) is 4.00. The lowest BCUT2D eigenvalue weighted by atomic mass is 10.1. The Morgan fingerprint density at radius 1 is 1.30 bits per heavy atom. The van der Waals surface area contributed by atoms with E-state index in [1.807, 2.05) is 49.6 Å². The van der Waals surface area contributed by atoms with Crippen LogP contribution in [-0.2, 0) is 4.79 Å². The zero-order chi connectivity index (χ0) is 16.2. The van der Waals surface area contributed by atoms with Gasteiger partial charge in [-0.05, 0) is 36.9 Å². The van der Waals surface area contributed by atoms with E-state index in [1.165, 1.54) is 28.7 Å². The molecule has 118 valence electrons. The standard InChI is InChI=1S/C16H15N3O2S2/c1-10-5-6-12(11(2)8-10)17-14(20)9-23-16-19-18-15(21-16)13-4-3-7-22-13/h3-8H,9H2,1-2H3,(H,17,20). The van der Waals surface area contributed by atoms with Crippen LogP contribution >= 0.6 is 23.1 Å². The van der Waals surface area contributed by atoms with Crippen LogP contribution in [0.25, 0.3) is 10.8 Å². The van der Waals surface area contributed by atoms with E-state index in [9.17, 15) is 4.79 Å². The van der Waals surface area contributed by atoms with Gasteiger partial charge in [0.25, 0.3) is 11.1 Å². The summed E-state index contributed by atoms with van der Waals surface area (Å²) in [6, 6.07) is 9.76. The smallest absolute Gasteiger partial charge is 0.277 e. The van der Waals surface area contributed by atoms with Crippen molar-refractivity contribution in [2.45, 2.75) is 19.1 Å². The van der Waals surface area contributed by atoms with E-state index in [0.29, 0.717) is 11.1 Å². The SMILES string of the molecule is Cc1ccc(NC(=O)CSc2nnc(-c3cccs3)o2)c(C)c1. The van der Waals surface area contributed by atoms with Crippen molar-refractivity contribution in [1.29, 1.82) is 0 Å². The second-order valence-electron chi connectivity index (χ2n) is 5.01. The number of hydrogen-bond donors (Lipinski definition) is 1. The van der Waals surface area contributed by atoms with Gasteiger partial charge in [-0.3, -0.25) is 4.79 Å². The second-order valence-corrected chi connectivity index (χ2v) is 6.88. The zero-order valence-corrected chi connectivity index (χ0v) is 14.3. The topological polar surface area (TPSA) is 68.0 Å². The molecule has 0 aliphatic heterocycles. The second kappa shape index (κ2) is 6.97. The fourth-order valence-corrected chi connectivity index (χ4v) is 3.24. The van der Waals surface area contributed by atoms with Crippen molar-refractivity contribution >= 4 is 34.7 Å². The van der Waals surface area contributed by atoms with Gasteiger partial charge < -0.3 is 9.73 Å². The molecule has 0 atom stereocenters. The third-order valence-corrected chi connectivity index (χ3v) is 4.80. The van der Waals surface area contributed by atoms with Crippen molar-refractivity contribution in [3.8, 4) is 10.8 Å². The first kappa shape index (κ1) is 15.8. The van der Waals surface area contributed by atoms with Crippen LogP contribution in [0.3, 0.4) is 0 Å². The highest BCUT2D eigenvalue weighted by molar-refractivity contribution is 7.99. The van der Waals surface area contributed by atoms with Crippen molar-refractivity contribution in [2.24, 2.45) is 0 Å². The number of nitrogens with one attached hydrogen (secondary N) is 1. The molecule has 0 saturated carbocycles. The Balaban J connectivity index is 1.57. The molecule has 1 N–H and O–H groups in total. The molecule has 2 aromatic heterocycles. The first-order valence-electron chi connectivity index (χ1n) is 6.99. The van der Waals surface area contributed by atoms with Crippen LogP contribution in [0.4, 0.5) is 5.69 Å². The summed E-state index contributed by atoms with van der Waals surface area (Å²) < 4.78 is 5.54. The molecule has 2 heterocycles. The molecule has 1 aromatic carbocycles. The summed E-state index contributed by atoms with van der Waals surface area (Å²) in [7, 11) is 0. The fraction of sp³-hybridized carbons (Fsp3) is 0.188. The Bertz CT molecular complexity index is 813. The molecule has 0 fully saturated rings. The lowest BCUT2D eigenvalue weighted by Gasteiger charge is -2.08. The minimum atomic E-state index is -0.0992. The molecule has 0 aliphatic rings. The van der Waals surface area contributed by atoms with Crippen molar-refractivity contribution in [2.75, 3.05) is 11.1 Å². The summed E-state index contributed by atoms with van der Waals surface area (Å²) in [5, 5.41) is 13.2. The van der Waals surface area contributed by atoms with Gasteiger partial charge in [0.05, 0.1) is 10.6 Å². The number of carbonyl (C=O) groups excluding carboxylic acids is 1. The number of amides is 1. The summed E-state index contributed by atoms with van der Waals surface area (Å²) in [5.74, 6) is 0.606.